The van der Waals surface area contributed by atoms with Gasteiger partial charge in [-0.3, -0.25) is 4.79 Å². The van der Waals surface area contributed by atoms with Crippen LogP contribution in [0.2, 0.25) is 0 Å². The molecule has 1 aromatic heterocycles. The number of oxazole rings is 1. The first kappa shape index (κ1) is 12.9. The van der Waals surface area contributed by atoms with Crippen LogP contribution in [0, 0.1) is 0 Å². The molecule has 2 aromatic rings. The predicted molar refractivity (Wildman–Crippen MR) is 66.4 cm³/mol. The van der Waals surface area contributed by atoms with Crippen molar-refractivity contribution in [3.8, 4) is 23.0 Å². The summed E-state index contributed by atoms with van der Waals surface area (Å²) in [7, 11) is 3.09. The van der Waals surface area contributed by atoms with Crippen molar-refractivity contribution in [3.05, 3.63) is 30.2 Å². The Morgan fingerprint density at radius 2 is 2.16 bits per heavy atom. The molecule has 0 fully saturated rings. The van der Waals surface area contributed by atoms with Crippen LogP contribution < -0.4 is 9.47 Å². The average Bonchev–Trinajstić information content (AvgIpc) is 2.85. The monoisotopic (exact) mass is 263 g/mol. The number of hydrogen-bond donors (Lipinski definition) is 1. The summed E-state index contributed by atoms with van der Waals surface area (Å²) in [6.45, 7) is 0. The maximum atomic E-state index is 10.6. The van der Waals surface area contributed by atoms with Gasteiger partial charge >= 0.3 is 5.97 Å². The number of aliphatic carboxylic acids is 1. The topological polar surface area (TPSA) is 81.8 Å². The molecule has 0 aliphatic carbocycles. The normalized spacial score (nSPS) is 10.2. The molecule has 1 N–H and O–H groups in total. The largest absolute Gasteiger partial charge is 0.497 e. The summed E-state index contributed by atoms with van der Waals surface area (Å²) in [4.78, 5) is 14.6. The molecular weight excluding hydrogens is 250 g/mol. The third-order valence-electron chi connectivity index (χ3n) is 2.52. The first-order valence-corrected chi connectivity index (χ1v) is 5.53. The molecule has 0 unspecified atom stereocenters. The second kappa shape index (κ2) is 5.43. The second-order valence-electron chi connectivity index (χ2n) is 3.77. The number of carboxylic acid groups (broad SMARTS) is 1. The highest BCUT2D eigenvalue weighted by atomic mass is 16.5. The van der Waals surface area contributed by atoms with E-state index in [-0.39, 0.29) is 6.42 Å². The number of benzene rings is 1. The molecule has 6 nitrogen and oxygen atoms in total. The van der Waals surface area contributed by atoms with Gasteiger partial charge in [0, 0.05) is 6.07 Å². The molecule has 0 amide bonds. The fourth-order valence-corrected chi connectivity index (χ4v) is 1.64. The summed E-state index contributed by atoms with van der Waals surface area (Å²) in [5, 5.41) is 8.69. The lowest BCUT2D eigenvalue weighted by Crippen LogP contribution is -1.97. The van der Waals surface area contributed by atoms with Gasteiger partial charge in [0.1, 0.15) is 23.7 Å². The highest BCUT2D eigenvalue weighted by molar-refractivity contribution is 5.70. The number of nitrogens with zero attached hydrogens (tertiary/aromatic N) is 1. The molecule has 0 spiro atoms. The van der Waals surface area contributed by atoms with Crippen LogP contribution in [0.5, 0.6) is 11.5 Å². The Morgan fingerprint density at radius 1 is 1.37 bits per heavy atom. The fourth-order valence-electron chi connectivity index (χ4n) is 1.64. The molecule has 0 radical (unpaired) electrons. The van der Waals surface area contributed by atoms with Crippen molar-refractivity contribution in [1.82, 2.24) is 4.98 Å². The van der Waals surface area contributed by atoms with E-state index in [1.165, 1.54) is 13.3 Å². The standard InChI is InChI=1S/C13H13NO5/c1-17-8-3-4-10(11(5-8)18-2)13-14-7-9(19-13)6-12(15)16/h3-5,7H,6H2,1-2H3,(H,15,16). The molecule has 100 valence electrons. The Labute approximate surface area is 109 Å². The second-order valence-corrected chi connectivity index (χ2v) is 3.77. The summed E-state index contributed by atoms with van der Waals surface area (Å²) in [6.07, 6.45) is 1.19. The van der Waals surface area contributed by atoms with E-state index in [1.54, 1.807) is 25.3 Å². The van der Waals surface area contributed by atoms with Gasteiger partial charge in [0.25, 0.3) is 0 Å². The molecule has 1 aromatic carbocycles. The minimum absolute atomic E-state index is 0.203. The van der Waals surface area contributed by atoms with Gasteiger partial charge < -0.3 is 19.0 Å². The zero-order chi connectivity index (χ0) is 13.8. The van der Waals surface area contributed by atoms with Gasteiger partial charge in [-0.1, -0.05) is 0 Å². The van der Waals surface area contributed by atoms with E-state index in [4.69, 9.17) is 19.0 Å². The van der Waals surface area contributed by atoms with Gasteiger partial charge in [-0.25, -0.2) is 4.98 Å². The van der Waals surface area contributed by atoms with Crippen molar-refractivity contribution in [2.24, 2.45) is 0 Å². The van der Waals surface area contributed by atoms with Gasteiger partial charge in [0.05, 0.1) is 26.0 Å². The average molecular weight is 263 g/mol. The van der Waals surface area contributed by atoms with E-state index in [0.29, 0.717) is 28.7 Å². The van der Waals surface area contributed by atoms with Crippen LogP contribution in [0.25, 0.3) is 11.5 Å². The number of ether oxygens (including phenoxy) is 2. The molecule has 2 rings (SSSR count). The first-order chi connectivity index (χ1) is 9.13. The maximum absolute atomic E-state index is 10.6. The Morgan fingerprint density at radius 3 is 2.79 bits per heavy atom. The summed E-state index contributed by atoms with van der Waals surface area (Å²) < 4.78 is 15.7. The lowest BCUT2D eigenvalue weighted by atomic mass is 10.2. The lowest BCUT2D eigenvalue weighted by Gasteiger charge is -2.07. The molecule has 0 aliphatic heterocycles. The van der Waals surface area contributed by atoms with Crippen molar-refractivity contribution in [1.29, 1.82) is 0 Å². The molecular formula is C13H13NO5. The van der Waals surface area contributed by atoms with E-state index in [9.17, 15) is 4.79 Å². The zero-order valence-electron chi connectivity index (χ0n) is 10.5. The molecule has 0 bridgehead atoms. The van der Waals surface area contributed by atoms with Crippen LogP contribution in [0.3, 0.4) is 0 Å². The summed E-state index contributed by atoms with van der Waals surface area (Å²) in [6, 6.07) is 5.20. The van der Waals surface area contributed by atoms with Crippen LogP contribution in [0.4, 0.5) is 0 Å². The van der Waals surface area contributed by atoms with E-state index in [0.717, 1.165) is 0 Å². The highest BCUT2D eigenvalue weighted by Gasteiger charge is 2.14. The predicted octanol–water partition coefficient (Wildman–Crippen LogP) is 1.99. The lowest BCUT2D eigenvalue weighted by molar-refractivity contribution is -0.136. The van der Waals surface area contributed by atoms with Crippen molar-refractivity contribution in [2.75, 3.05) is 14.2 Å². The maximum Gasteiger partial charge on any atom is 0.311 e. The first-order valence-electron chi connectivity index (χ1n) is 5.53. The van der Waals surface area contributed by atoms with Gasteiger partial charge in [0.2, 0.25) is 5.89 Å². The van der Waals surface area contributed by atoms with E-state index in [2.05, 4.69) is 4.98 Å². The van der Waals surface area contributed by atoms with Crippen LogP contribution in [-0.2, 0) is 11.2 Å². The van der Waals surface area contributed by atoms with Crippen molar-refractivity contribution < 1.29 is 23.8 Å². The van der Waals surface area contributed by atoms with Crippen molar-refractivity contribution in [3.63, 3.8) is 0 Å². The molecule has 19 heavy (non-hydrogen) atoms. The van der Waals surface area contributed by atoms with Gasteiger partial charge in [0.15, 0.2) is 0 Å². The third kappa shape index (κ3) is 2.85. The van der Waals surface area contributed by atoms with Crippen molar-refractivity contribution >= 4 is 5.97 Å². The van der Waals surface area contributed by atoms with E-state index in [1.807, 2.05) is 0 Å². The molecule has 0 atom stereocenters. The van der Waals surface area contributed by atoms with Crippen LogP contribution in [-0.4, -0.2) is 30.3 Å². The number of carbonyl (C=O) groups is 1. The molecule has 6 heteroatoms. The number of methoxy groups -OCH3 is 2. The Balaban J connectivity index is 2.35. The van der Waals surface area contributed by atoms with Crippen LogP contribution in [0.1, 0.15) is 5.76 Å². The van der Waals surface area contributed by atoms with E-state index >= 15 is 0 Å². The molecule has 0 aliphatic rings. The Kier molecular flexibility index (Phi) is 3.70. The molecule has 0 saturated carbocycles. The summed E-state index contributed by atoms with van der Waals surface area (Å²) in [5.74, 6) is 0.835. The smallest absolute Gasteiger partial charge is 0.311 e. The third-order valence-corrected chi connectivity index (χ3v) is 2.52. The van der Waals surface area contributed by atoms with E-state index < -0.39 is 5.97 Å². The SMILES string of the molecule is COc1ccc(-c2ncc(CC(=O)O)o2)c(OC)c1. The summed E-state index contributed by atoms with van der Waals surface area (Å²) >= 11 is 0. The highest BCUT2D eigenvalue weighted by Crippen LogP contribution is 2.32. The van der Waals surface area contributed by atoms with Crippen molar-refractivity contribution in [2.45, 2.75) is 6.42 Å². The minimum atomic E-state index is -0.968. The summed E-state index contributed by atoms with van der Waals surface area (Å²) in [5.41, 5.74) is 0.639. The number of carboxylic acids is 1. The molecule has 0 saturated heterocycles. The fraction of sp³-hybridized carbons (Fsp3) is 0.231. The number of aromatic nitrogens is 1. The van der Waals surface area contributed by atoms with Gasteiger partial charge in [-0.05, 0) is 12.1 Å². The Bertz CT molecular complexity index is 590. The number of rotatable bonds is 5. The quantitative estimate of drug-likeness (QED) is 0.888. The van der Waals surface area contributed by atoms with Crippen LogP contribution >= 0.6 is 0 Å². The van der Waals surface area contributed by atoms with Crippen LogP contribution in [0.15, 0.2) is 28.8 Å². The molecule has 1 heterocycles. The van der Waals surface area contributed by atoms with Gasteiger partial charge in [-0.15, -0.1) is 0 Å². The van der Waals surface area contributed by atoms with Gasteiger partial charge in [-0.2, -0.15) is 0 Å². The number of hydrogen-bond acceptors (Lipinski definition) is 5. The minimum Gasteiger partial charge on any atom is -0.497 e. The zero-order valence-corrected chi connectivity index (χ0v) is 10.5. The Hall–Kier alpha value is -2.50.